The monoisotopic (exact) mass is 425 g/mol. The average molecular weight is 426 g/mol. The zero-order chi connectivity index (χ0) is 21.4. The molecular weight excluding hydrogens is 406 g/mol. The lowest BCUT2D eigenvalue weighted by Gasteiger charge is -2.32. The molecule has 0 unspecified atom stereocenters. The Labute approximate surface area is 178 Å². The van der Waals surface area contributed by atoms with Crippen molar-refractivity contribution in [3.05, 3.63) is 75.4 Å². The SMILES string of the molecule is Cc1cccc(C)c1NC(=O)CN1C(=O)N[C@H](c2ccccc2Cl)C2=C1COC2=O. The van der Waals surface area contributed by atoms with Crippen molar-refractivity contribution in [3.8, 4) is 0 Å². The van der Waals surface area contributed by atoms with Gasteiger partial charge in [-0.05, 0) is 36.6 Å². The topological polar surface area (TPSA) is 87.7 Å². The van der Waals surface area contributed by atoms with Crippen molar-refractivity contribution in [2.24, 2.45) is 0 Å². The molecule has 2 aliphatic rings. The van der Waals surface area contributed by atoms with Gasteiger partial charge in [-0.15, -0.1) is 0 Å². The Kier molecular flexibility index (Phi) is 5.22. The Morgan fingerprint density at radius 1 is 1.17 bits per heavy atom. The number of hydrogen-bond donors (Lipinski definition) is 2. The number of urea groups is 1. The second-order valence-corrected chi connectivity index (χ2v) is 7.65. The van der Waals surface area contributed by atoms with Crippen LogP contribution in [0.15, 0.2) is 53.7 Å². The Hall–Kier alpha value is -3.32. The fourth-order valence-electron chi connectivity index (χ4n) is 3.76. The van der Waals surface area contributed by atoms with Gasteiger partial charge in [-0.2, -0.15) is 0 Å². The minimum absolute atomic E-state index is 0.0702. The van der Waals surface area contributed by atoms with Gasteiger partial charge >= 0.3 is 12.0 Å². The van der Waals surface area contributed by atoms with E-state index in [1.54, 1.807) is 24.3 Å². The number of aryl methyl sites for hydroxylation is 2. The van der Waals surface area contributed by atoms with Crippen molar-refractivity contribution < 1.29 is 19.1 Å². The van der Waals surface area contributed by atoms with E-state index in [1.165, 1.54) is 4.90 Å². The summed E-state index contributed by atoms with van der Waals surface area (Å²) in [4.78, 5) is 39.2. The molecule has 0 saturated heterocycles. The predicted molar refractivity (Wildman–Crippen MR) is 112 cm³/mol. The van der Waals surface area contributed by atoms with E-state index in [0.29, 0.717) is 27.5 Å². The van der Waals surface area contributed by atoms with Crippen LogP contribution >= 0.6 is 11.6 Å². The summed E-state index contributed by atoms with van der Waals surface area (Å²) in [5.41, 5.74) is 3.82. The lowest BCUT2D eigenvalue weighted by molar-refractivity contribution is -0.136. The van der Waals surface area contributed by atoms with E-state index in [-0.39, 0.29) is 19.1 Å². The third-order valence-electron chi connectivity index (χ3n) is 5.26. The van der Waals surface area contributed by atoms with Gasteiger partial charge < -0.3 is 15.4 Å². The molecule has 154 valence electrons. The zero-order valence-corrected chi connectivity index (χ0v) is 17.2. The number of ether oxygens (including phenoxy) is 1. The number of carbonyl (C=O) groups excluding carboxylic acids is 3. The van der Waals surface area contributed by atoms with Crippen LogP contribution in [0.4, 0.5) is 10.5 Å². The van der Waals surface area contributed by atoms with Gasteiger partial charge in [-0.3, -0.25) is 9.69 Å². The third-order valence-corrected chi connectivity index (χ3v) is 5.61. The minimum atomic E-state index is -0.728. The minimum Gasteiger partial charge on any atom is -0.456 e. The fraction of sp³-hybridized carbons (Fsp3) is 0.227. The van der Waals surface area contributed by atoms with Gasteiger partial charge in [0.05, 0.1) is 17.3 Å². The highest BCUT2D eigenvalue weighted by Crippen LogP contribution is 2.37. The van der Waals surface area contributed by atoms with Crippen molar-refractivity contribution in [2.75, 3.05) is 18.5 Å². The van der Waals surface area contributed by atoms with Gasteiger partial charge in [-0.1, -0.05) is 48.0 Å². The molecule has 0 fully saturated rings. The van der Waals surface area contributed by atoms with Crippen LogP contribution in [0.25, 0.3) is 0 Å². The summed E-state index contributed by atoms with van der Waals surface area (Å²) in [6.45, 7) is 3.48. The summed E-state index contributed by atoms with van der Waals surface area (Å²) in [6.07, 6.45) is 0. The number of carbonyl (C=O) groups is 3. The predicted octanol–water partition coefficient (Wildman–Crippen LogP) is 3.47. The van der Waals surface area contributed by atoms with Gasteiger partial charge in [-0.25, -0.2) is 9.59 Å². The first-order chi connectivity index (χ1) is 14.4. The van der Waals surface area contributed by atoms with Crippen molar-refractivity contribution in [1.29, 1.82) is 0 Å². The lowest BCUT2D eigenvalue weighted by atomic mass is 9.95. The quantitative estimate of drug-likeness (QED) is 0.734. The van der Waals surface area contributed by atoms with E-state index in [9.17, 15) is 14.4 Å². The van der Waals surface area contributed by atoms with Crippen LogP contribution in [0.5, 0.6) is 0 Å². The normalized spacial score (nSPS) is 18.1. The van der Waals surface area contributed by atoms with Crippen LogP contribution in [0.1, 0.15) is 22.7 Å². The van der Waals surface area contributed by atoms with E-state index >= 15 is 0 Å². The summed E-state index contributed by atoms with van der Waals surface area (Å²) in [5, 5.41) is 6.07. The molecule has 2 N–H and O–H groups in total. The summed E-state index contributed by atoms with van der Waals surface area (Å²) in [5.74, 6) is -0.903. The molecule has 2 aromatic rings. The number of benzene rings is 2. The number of hydrogen-bond acceptors (Lipinski definition) is 4. The highest BCUT2D eigenvalue weighted by Gasteiger charge is 2.43. The summed E-state index contributed by atoms with van der Waals surface area (Å²) >= 11 is 6.28. The third kappa shape index (κ3) is 3.52. The molecule has 0 saturated carbocycles. The number of halogens is 1. The maximum atomic E-state index is 12.9. The Bertz CT molecular complexity index is 1080. The van der Waals surface area contributed by atoms with Crippen LogP contribution < -0.4 is 10.6 Å². The zero-order valence-electron chi connectivity index (χ0n) is 16.5. The maximum absolute atomic E-state index is 12.9. The number of nitrogens with one attached hydrogen (secondary N) is 2. The molecule has 0 bridgehead atoms. The van der Waals surface area contributed by atoms with Crippen molar-refractivity contribution >= 4 is 35.2 Å². The molecule has 3 amide bonds. The van der Waals surface area contributed by atoms with Crippen LogP contribution in [-0.4, -0.2) is 36.0 Å². The Morgan fingerprint density at radius 2 is 1.87 bits per heavy atom. The molecule has 30 heavy (non-hydrogen) atoms. The van der Waals surface area contributed by atoms with E-state index in [2.05, 4.69) is 10.6 Å². The second-order valence-electron chi connectivity index (χ2n) is 7.24. The van der Waals surface area contributed by atoms with Crippen LogP contribution in [0.3, 0.4) is 0 Å². The number of rotatable bonds is 4. The fourth-order valence-corrected chi connectivity index (χ4v) is 4.00. The van der Waals surface area contributed by atoms with Crippen molar-refractivity contribution in [2.45, 2.75) is 19.9 Å². The molecular formula is C22H20ClN3O4. The number of amides is 3. The van der Waals surface area contributed by atoms with Crippen LogP contribution in [0.2, 0.25) is 5.02 Å². The van der Waals surface area contributed by atoms with Gasteiger partial charge in [0.15, 0.2) is 0 Å². The lowest BCUT2D eigenvalue weighted by Crippen LogP contribution is -2.49. The van der Waals surface area contributed by atoms with Gasteiger partial charge in [0.1, 0.15) is 13.2 Å². The highest BCUT2D eigenvalue weighted by molar-refractivity contribution is 6.31. The molecule has 2 heterocycles. The first-order valence-corrected chi connectivity index (χ1v) is 9.83. The highest BCUT2D eigenvalue weighted by atomic mass is 35.5. The molecule has 0 radical (unpaired) electrons. The van der Waals surface area contributed by atoms with Gasteiger partial charge in [0.25, 0.3) is 0 Å². The molecule has 4 rings (SSSR count). The molecule has 2 aromatic carbocycles. The van der Waals surface area contributed by atoms with Gasteiger partial charge in [0.2, 0.25) is 5.91 Å². The molecule has 0 spiro atoms. The van der Waals surface area contributed by atoms with E-state index in [1.807, 2.05) is 32.0 Å². The first-order valence-electron chi connectivity index (χ1n) is 9.45. The number of anilines is 1. The standard InChI is InChI=1S/C22H20ClN3O4/c1-12-6-5-7-13(2)19(12)24-17(27)10-26-16-11-30-21(28)18(16)20(25-22(26)29)14-8-3-4-9-15(14)23/h3-9,20H,10-11H2,1-2H3,(H,24,27)(H,25,29)/t20-/m1/s1. The summed E-state index contributed by atoms with van der Waals surface area (Å²) < 4.78 is 5.19. The van der Waals surface area contributed by atoms with E-state index in [4.69, 9.17) is 16.3 Å². The largest absolute Gasteiger partial charge is 0.456 e. The number of cyclic esters (lactones) is 1. The first kappa shape index (κ1) is 20.0. The van der Waals surface area contributed by atoms with Crippen molar-refractivity contribution in [3.63, 3.8) is 0 Å². The van der Waals surface area contributed by atoms with E-state index in [0.717, 1.165) is 11.1 Å². The summed E-state index contributed by atoms with van der Waals surface area (Å²) in [6, 6.07) is 11.5. The molecule has 1 atom stereocenters. The maximum Gasteiger partial charge on any atom is 0.338 e. The Morgan fingerprint density at radius 3 is 2.57 bits per heavy atom. The molecule has 8 heteroatoms. The second kappa shape index (κ2) is 7.84. The van der Waals surface area contributed by atoms with E-state index < -0.39 is 18.0 Å². The molecule has 0 aliphatic carbocycles. The van der Waals surface area contributed by atoms with Crippen LogP contribution in [0, 0.1) is 13.8 Å². The number of para-hydroxylation sites is 1. The molecule has 2 aliphatic heterocycles. The Balaban J connectivity index is 1.63. The number of esters is 1. The van der Waals surface area contributed by atoms with Crippen LogP contribution in [-0.2, 0) is 14.3 Å². The molecule has 0 aromatic heterocycles. The smallest absolute Gasteiger partial charge is 0.338 e. The summed E-state index contributed by atoms with van der Waals surface area (Å²) in [7, 11) is 0. The van der Waals surface area contributed by atoms with Crippen molar-refractivity contribution in [1.82, 2.24) is 10.2 Å². The average Bonchev–Trinajstić information content (AvgIpc) is 3.09. The number of nitrogens with zero attached hydrogens (tertiary/aromatic N) is 1. The molecule has 7 nitrogen and oxygen atoms in total. The van der Waals surface area contributed by atoms with Gasteiger partial charge in [0, 0.05) is 10.7 Å².